The Morgan fingerprint density at radius 3 is 2.59 bits per heavy atom. The van der Waals surface area contributed by atoms with E-state index in [9.17, 15) is 9.59 Å². The van der Waals surface area contributed by atoms with Crippen molar-refractivity contribution in [2.45, 2.75) is 19.9 Å². The molecule has 1 atom stereocenters. The third-order valence-corrected chi connectivity index (χ3v) is 2.27. The van der Waals surface area contributed by atoms with Gasteiger partial charge in [0.15, 0.2) is 5.69 Å². The summed E-state index contributed by atoms with van der Waals surface area (Å²) < 4.78 is 0. The summed E-state index contributed by atoms with van der Waals surface area (Å²) in [5.41, 5.74) is 5.84. The summed E-state index contributed by atoms with van der Waals surface area (Å²) in [7, 11) is 0. The summed E-state index contributed by atoms with van der Waals surface area (Å²) in [4.78, 5) is 26.5. The fraction of sp³-hybridized carbons (Fsp3) is 0.364. The number of nitrogens with zero attached hydrogens (tertiary/aromatic N) is 1. The molecule has 0 radical (unpaired) electrons. The van der Waals surface area contributed by atoms with Crippen LogP contribution in [-0.4, -0.2) is 28.0 Å². The molecule has 17 heavy (non-hydrogen) atoms. The SMILES string of the molecule is CC(C)[C@H](NC(=O)c1ncccc1N)C(=O)O. The van der Waals surface area contributed by atoms with Crippen LogP contribution in [-0.2, 0) is 4.79 Å². The highest BCUT2D eigenvalue weighted by Gasteiger charge is 2.25. The van der Waals surface area contributed by atoms with Crippen molar-refractivity contribution in [1.29, 1.82) is 0 Å². The zero-order chi connectivity index (χ0) is 13.0. The lowest BCUT2D eigenvalue weighted by Gasteiger charge is -2.17. The Labute approximate surface area is 98.8 Å². The third kappa shape index (κ3) is 3.17. The van der Waals surface area contributed by atoms with Crippen molar-refractivity contribution < 1.29 is 14.7 Å². The summed E-state index contributed by atoms with van der Waals surface area (Å²) >= 11 is 0. The van der Waals surface area contributed by atoms with Gasteiger partial charge in [0.1, 0.15) is 6.04 Å². The summed E-state index contributed by atoms with van der Waals surface area (Å²) in [5, 5.41) is 11.3. The molecule has 1 rings (SSSR count). The van der Waals surface area contributed by atoms with Crippen LogP contribution in [0.3, 0.4) is 0 Å². The van der Waals surface area contributed by atoms with Crippen LogP contribution < -0.4 is 11.1 Å². The molecule has 0 aromatic carbocycles. The molecule has 1 aromatic rings. The Hall–Kier alpha value is -2.11. The standard InChI is InChI=1S/C11H15N3O3/c1-6(2)8(11(16)17)14-10(15)9-7(12)4-3-5-13-9/h3-6,8H,12H2,1-2H3,(H,14,15)(H,16,17)/t8-/m0/s1. The van der Waals surface area contributed by atoms with Gasteiger partial charge in [-0.05, 0) is 18.1 Å². The molecule has 4 N–H and O–H groups in total. The van der Waals surface area contributed by atoms with Crippen LogP contribution in [0.15, 0.2) is 18.3 Å². The number of carbonyl (C=O) groups excluding carboxylic acids is 1. The van der Waals surface area contributed by atoms with Gasteiger partial charge in [0, 0.05) is 6.20 Å². The molecule has 0 unspecified atom stereocenters. The van der Waals surface area contributed by atoms with Gasteiger partial charge in [0.05, 0.1) is 5.69 Å². The fourth-order valence-corrected chi connectivity index (χ4v) is 1.33. The lowest BCUT2D eigenvalue weighted by atomic mass is 10.0. The van der Waals surface area contributed by atoms with Crippen LogP contribution in [0, 0.1) is 5.92 Å². The first-order valence-electron chi connectivity index (χ1n) is 5.17. The number of carbonyl (C=O) groups is 2. The van der Waals surface area contributed by atoms with Gasteiger partial charge in [-0.3, -0.25) is 4.79 Å². The number of nitrogens with one attached hydrogen (secondary N) is 1. The first-order chi connectivity index (χ1) is 7.93. The Bertz CT molecular complexity index is 432. The maximum atomic E-state index is 11.8. The summed E-state index contributed by atoms with van der Waals surface area (Å²) in [6.45, 7) is 3.42. The van der Waals surface area contributed by atoms with Gasteiger partial charge in [-0.1, -0.05) is 13.8 Å². The topological polar surface area (TPSA) is 105 Å². The summed E-state index contributed by atoms with van der Waals surface area (Å²) in [5.74, 6) is -1.88. The molecule has 1 heterocycles. The number of hydrogen-bond donors (Lipinski definition) is 3. The van der Waals surface area contributed by atoms with Crippen LogP contribution in [0.5, 0.6) is 0 Å². The molecule has 0 saturated carbocycles. The van der Waals surface area contributed by atoms with Crippen molar-refractivity contribution >= 4 is 17.6 Å². The van der Waals surface area contributed by atoms with Crippen LogP contribution in [0.4, 0.5) is 5.69 Å². The highest BCUT2D eigenvalue weighted by atomic mass is 16.4. The molecule has 0 aliphatic carbocycles. The van der Waals surface area contributed by atoms with E-state index in [1.54, 1.807) is 19.9 Å². The number of hydrogen-bond acceptors (Lipinski definition) is 4. The monoisotopic (exact) mass is 237 g/mol. The lowest BCUT2D eigenvalue weighted by Crippen LogP contribution is -2.44. The van der Waals surface area contributed by atoms with Crippen molar-refractivity contribution in [2.24, 2.45) is 5.92 Å². The van der Waals surface area contributed by atoms with Gasteiger partial charge >= 0.3 is 5.97 Å². The second-order valence-electron chi connectivity index (χ2n) is 3.97. The molecule has 1 amide bonds. The van der Waals surface area contributed by atoms with Crippen molar-refractivity contribution in [3.8, 4) is 0 Å². The predicted octanol–water partition coefficient (Wildman–Crippen LogP) is 0.503. The molecule has 6 heteroatoms. The number of rotatable bonds is 4. The maximum absolute atomic E-state index is 11.8. The first-order valence-corrected chi connectivity index (χ1v) is 5.17. The van der Waals surface area contributed by atoms with Crippen LogP contribution in [0.2, 0.25) is 0 Å². The van der Waals surface area contributed by atoms with Crippen molar-refractivity contribution in [2.75, 3.05) is 5.73 Å². The molecule has 0 saturated heterocycles. The normalized spacial score (nSPS) is 12.2. The lowest BCUT2D eigenvalue weighted by molar-refractivity contribution is -0.140. The van der Waals surface area contributed by atoms with E-state index in [1.165, 1.54) is 12.3 Å². The Morgan fingerprint density at radius 1 is 1.47 bits per heavy atom. The van der Waals surface area contributed by atoms with E-state index in [-0.39, 0.29) is 17.3 Å². The Kier molecular flexibility index (Phi) is 4.03. The Morgan fingerprint density at radius 2 is 2.12 bits per heavy atom. The number of carboxylic acid groups (broad SMARTS) is 1. The fourth-order valence-electron chi connectivity index (χ4n) is 1.33. The molecular weight excluding hydrogens is 222 g/mol. The number of anilines is 1. The zero-order valence-corrected chi connectivity index (χ0v) is 9.68. The van der Waals surface area contributed by atoms with E-state index in [0.29, 0.717) is 0 Å². The van der Waals surface area contributed by atoms with Gasteiger partial charge in [-0.2, -0.15) is 0 Å². The smallest absolute Gasteiger partial charge is 0.326 e. The molecule has 92 valence electrons. The van der Waals surface area contributed by atoms with E-state index in [1.807, 2.05) is 0 Å². The minimum absolute atomic E-state index is 0.0411. The Balaban J connectivity index is 2.85. The number of aliphatic carboxylic acids is 1. The summed E-state index contributed by atoms with van der Waals surface area (Å²) in [6.07, 6.45) is 1.43. The van der Waals surface area contributed by atoms with Crippen LogP contribution >= 0.6 is 0 Å². The first kappa shape index (κ1) is 13.0. The van der Waals surface area contributed by atoms with Crippen molar-refractivity contribution in [1.82, 2.24) is 10.3 Å². The molecule has 0 aliphatic heterocycles. The van der Waals surface area contributed by atoms with E-state index >= 15 is 0 Å². The molecular formula is C11H15N3O3. The molecule has 0 aliphatic rings. The highest BCUT2D eigenvalue weighted by Crippen LogP contribution is 2.08. The number of carboxylic acids is 1. The van der Waals surface area contributed by atoms with E-state index in [2.05, 4.69) is 10.3 Å². The minimum atomic E-state index is -1.08. The molecule has 0 spiro atoms. The predicted molar refractivity (Wildman–Crippen MR) is 62.4 cm³/mol. The van der Waals surface area contributed by atoms with Crippen LogP contribution in [0.25, 0.3) is 0 Å². The van der Waals surface area contributed by atoms with Gasteiger partial charge in [0.2, 0.25) is 0 Å². The van der Waals surface area contributed by atoms with Gasteiger partial charge in [-0.25, -0.2) is 9.78 Å². The van der Waals surface area contributed by atoms with Crippen molar-refractivity contribution in [3.05, 3.63) is 24.0 Å². The number of pyridine rings is 1. The largest absolute Gasteiger partial charge is 0.480 e. The quantitative estimate of drug-likeness (QED) is 0.707. The molecule has 0 fully saturated rings. The maximum Gasteiger partial charge on any atom is 0.326 e. The average Bonchev–Trinajstić information content (AvgIpc) is 2.25. The van der Waals surface area contributed by atoms with Gasteiger partial charge in [-0.15, -0.1) is 0 Å². The number of nitrogens with two attached hydrogens (primary N) is 1. The van der Waals surface area contributed by atoms with Crippen molar-refractivity contribution in [3.63, 3.8) is 0 Å². The number of nitrogen functional groups attached to an aromatic ring is 1. The minimum Gasteiger partial charge on any atom is -0.480 e. The summed E-state index contributed by atoms with van der Waals surface area (Å²) in [6, 6.07) is 2.18. The molecule has 1 aromatic heterocycles. The van der Waals surface area contributed by atoms with E-state index in [4.69, 9.17) is 10.8 Å². The molecule has 0 bridgehead atoms. The van der Waals surface area contributed by atoms with Crippen LogP contribution in [0.1, 0.15) is 24.3 Å². The zero-order valence-electron chi connectivity index (χ0n) is 9.68. The highest BCUT2D eigenvalue weighted by molar-refractivity contribution is 5.98. The average molecular weight is 237 g/mol. The second kappa shape index (κ2) is 5.29. The van der Waals surface area contributed by atoms with Gasteiger partial charge < -0.3 is 16.2 Å². The third-order valence-electron chi connectivity index (χ3n) is 2.27. The van der Waals surface area contributed by atoms with E-state index in [0.717, 1.165) is 0 Å². The number of amides is 1. The van der Waals surface area contributed by atoms with Gasteiger partial charge in [0.25, 0.3) is 5.91 Å². The molecule has 6 nitrogen and oxygen atoms in total. The van der Waals surface area contributed by atoms with E-state index < -0.39 is 17.9 Å². The second-order valence-corrected chi connectivity index (χ2v) is 3.97. The number of aromatic nitrogens is 1.